The molecule has 0 saturated carbocycles. The Bertz CT molecular complexity index is 387. The molecule has 1 aliphatic rings. The normalized spacial score (nSPS) is 18.9. The molecule has 0 aromatic carbocycles. The van der Waals surface area contributed by atoms with Gasteiger partial charge in [0.2, 0.25) is 0 Å². The van der Waals surface area contributed by atoms with Gasteiger partial charge in [0.05, 0.1) is 25.9 Å². The fourth-order valence-electron chi connectivity index (χ4n) is 2.65. The second-order valence-electron chi connectivity index (χ2n) is 4.85. The summed E-state index contributed by atoms with van der Waals surface area (Å²) in [6, 6.07) is 2.12. The average Bonchev–Trinajstić information content (AvgIpc) is 2.68. The summed E-state index contributed by atoms with van der Waals surface area (Å²) in [6.07, 6.45) is 2.75. The Labute approximate surface area is 109 Å². The first kappa shape index (κ1) is 13.6. The van der Waals surface area contributed by atoms with E-state index in [0.29, 0.717) is 19.8 Å². The molecule has 0 fully saturated rings. The highest BCUT2D eigenvalue weighted by molar-refractivity contribution is 5.31. The molecule has 1 atom stereocenters. The maximum Gasteiger partial charge on any atom is 0.0807 e. The van der Waals surface area contributed by atoms with Crippen LogP contribution in [0.1, 0.15) is 35.9 Å². The van der Waals surface area contributed by atoms with Crippen LogP contribution >= 0.6 is 0 Å². The number of hydrogen-bond donors (Lipinski definition) is 1. The molecule has 1 aromatic heterocycles. The topological polar surface area (TPSA) is 43.6 Å². The number of aliphatic hydroxyl groups excluding tert-OH is 1. The van der Waals surface area contributed by atoms with Gasteiger partial charge in [0.1, 0.15) is 0 Å². The first-order valence-electron chi connectivity index (χ1n) is 6.67. The van der Waals surface area contributed by atoms with Crippen molar-refractivity contribution in [2.24, 2.45) is 0 Å². The molecule has 1 heterocycles. The highest BCUT2D eigenvalue weighted by atomic mass is 16.5. The lowest BCUT2D eigenvalue weighted by Crippen LogP contribution is -2.15. The molecule has 1 unspecified atom stereocenters. The minimum Gasteiger partial charge on any atom is -0.388 e. The van der Waals surface area contributed by atoms with Crippen molar-refractivity contribution in [2.75, 3.05) is 26.9 Å². The van der Waals surface area contributed by atoms with Crippen LogP contribution < -0.4 is 0 Å². The van der Waals surface area contributed by atoms with Crippen LogP contribution in [0.2, 0.25) is 0 Å². The van der Waals surface area contributed by atoms with Gasteiger partial charge in [-0.25, -0.2) is 0 Å². The summed E-state index contributed by atoms with van der Waals surface area (Å²) in [5.41, 5.74) is 3.63. The molecule has 102 valence electrons. The van der Waals surface area contributed by atoms with E-state index in [9.17, 15) is 5.11 Å². The predicted molar refractivity (Wildman–Crippen MR) is 69.8 cm³/mol. The first-order valence-corrected chi connectivity index (χ1v) is 6.67. The minimum absolute atomic E-state index is 0.275. The van der Waals surface area contributed by atoms with Crippen molar-refractivity contribution in [3.05, 3.63) is 23.0 Å². The molecule has 0 saturated heterocycles. The van der Waals surface area contributed by atoms with Crippen molar-refractivity contribution >= 4 is 0 Å². The highest BCUT2D eigenvalue weighted by Gasteiger charge is 2.22. The Kier molecular flexibility index (Phi) is 4.80. The standard InChI is InChI=1S/C14H23NO3/c1-11-10-12-13(4-3-5-14(12)16)15(11)6-7-18-9-8-17-2/h10,14,16H,3-9H2,1-2H3. The first-order chi connectivity index (χ1) is 8.74. The van der Waals surface area contributed by atoms with Crippen LogP contribution in [0.5, 0.6) is 0 Å². The maximum atomic E-state index is 9.98. The fraction of sp³-hybridized carbons (Fsp3) is 0.714. The van der Waals surface area contributed by atoms with E-state index in [-0.39, 0.29) is 6.10 Å². The number of aryl methyl sites for hydroxylation is 1. The Balaban J connectivity index is 1.96. The van der Waals surface area contributed by atoms with E-state index in [4.69, 9.17) is 9.47 Å². The molecule has 0 aliphatic heterocycles. The van der Waals surface area contributed by atoms with Gasteiger partial charge in [-0.3, -0.25) is 0 Å². The predicted octanol–water partition coefficient (Wildman–Crippen LogP) is 1.83. The van der Waals surface area contributed by atoms with Gasteiger partial charge in [0.15, 0.2) is 0 Å². The molecule has 0 radical (unpaired) electrons. The Morgan fingerprint density at radius 2 is 2.22 bits per heavy atom. The van der Waals surface area contributed by atoms with Crippen molar-refractivity contribution in [2.45, 2.75) is 38.8 Å². The highest BCUT2D eigenvalue weighted by Crippen LogP contribution is 2.31. The molecule has 1 aromatic rings. The number of fused-ring (bicyclic) bond motifs is 1. The molecule has 2 rings (SSSR count). The van der Waals surface area contributed by atoms with Crippen molar-refractivity contribution in [3.8, 4) is 0 Å². The van der Waals surface area contributed by atoms with Crippen molar-refractivity contribution in [3.63, 3.8) is 0 Å². The zero-order valence-electron chi connectivity index (χ0n) is 11.3. The molecule has 1 aliphatic carbocycles. The van der Waals surface area contributed by atoms with E-state index < -0.39 is 0 Å². The van der Waals surface area contributed by atoms with Crippen molar-refractivity contribution in [1.29, 1.82) is 0 Å². The lowest BCUT2D eigenvalue weighted by molar-refractivity contribution is 0.0660. The van der Waals surface area contributed by atoms with E-state index in [1.54, 1.807) is 7.11 Å². The maximum absolute atomic E-state index is 9.98. The van der Waals surface area contributed by atoms with Gasteiger partial charge >= 0.3 is 0 Å². The number of aliphatic hydroxyl groups is 1. The summed E-state index contributed by atoms with van der Waals surface area (Å²) in [6.45, 7) is 4.93. The number of hydrogen-bond acceptors (Lipinski definition) is 3. The third-order valence-electron chi connectivity index (χ3n) is 3.59. The molecule has 1 N–H and O–H groups in total. The summed E-state index contributed by atoms with van der Waals surface area (Å²) in [5.74, 6) is 0. The largest absolute Gasteiger partial charge is 0.388 e. The van der Waals surface area contributed by atoms with Gasteiger partial charge < -0.3 is 19.1 Å². The van der Waals surface area contributed by atoms with Gasteiger partial charge in [-0.05, 0) is 32.3 Å². The number of ether oxygens (including phenoxy) is 2. The molecular formula is C14H23NO3. The quantitative estimate of drug-likeness (QED) is 0.787. The van der Waals surface area contributed by atoms with Crippen molar-refractivity contribution in [1.82, 2.24) is 4.57 Å². The summed E-state index contributed by atoms with van der Waals surface area (Å²) in [5, 5.41) is 9.98. The Morgan fingerprint density at radius 3 is 3.00 bits per heavy atom. The van der Waals surface area contributed by atoms with E-state index >= 15 is 0 Å². The summed E-state index contributed by atoms with van der Waals surface area (Å²) in [7, 11) is 1.68. The van der Waals surface area contributed by atoms with E-state index in [1.165, 1.54) is 11.4 Å². The molecule has 18 heavy (non-hydrogen) atoms. The lowest BCUT2D eigenvalue weighted by Gasteiger charge is -2.20. The fourth-order valence-corrected chi connectivity index (χ4v) is 2.65. The second kappa shape index (κ2) is 6.36. The smallest absolute Gasteiger partial charge is 0.0807 e. The number of aromatic nitrogens is 1. The van der Waals surface area contributed by atoms with Crippen LogP contribution in [0.4, 0.5) is 0 Å². The van der Waals surface area contributed by atoms with Gasteiger partial charge in [0, 0.05) is 30.6 Å². The van der Waals surface area contributed by atoms with E-state index in [1.807, 2.05) is 0 Å². The lowest BCUT2D eigenvalue weighted by atomic mass is 9.95. The van der Waals surface area contributed by atoms with Gasteiger partial charge in [-0.15, -0.1) is 0 Å². The molecule has 0 spiro atoms. The van der Waals surface area contributed by atoms with Gasteiger partial charge in [-0.2, -0.15) is 0 Å². The van der Waals surface area contributed by atoms with Crippen LogP contribution in [0.25, 0.3) is 0 Å². The monoisotopic (exact) mass is 253 g/mol. The average molecular weight is 253 g/mol. The Morgan fingerprint density at radius 1 is 1.39 bits per heavy atom. The zero-order chi connectivity index (χ0) is 13.0. The summed E-state index contributed by atoms with van der Waals surface area (Å²) < 4.78 is 12.7. The SMILES string of the molecule is COCCOCCn1c(C)cc2c1CCCC2O. The molecule has 4 nitrogen and oxygen atoms in total. The van der Waals surface area contributed by atoms with Crippen LogP contribution in [0.3, 0.4) is 0 Å². The zero-order valence-corrected chi connectivity index (χ0v) is 11.3. The van der Waals surface area contributed by atoms with E-state index in [2.05, 4.69) is 17.6 Å². The molecular weight excluding hydrogens is 230 g/mol. The minimum atomic E-state index is -0.275. The molecule has 4 heteroatoms. The van der Waals surface area contributed by atoms with Crippen LogP contribution in [0.15, 0.2) is 6.07 Å². The van der Waals surface area contributed by atoms with Crippen LogP contribution in [-0.4, -0.2) is 36.6 Å². The van der Waals surface area contributed by atoms with Crippen LogP contribution in [0, 0.1) is 6.92 Å². The summed E-state index contributed by atoms with van der Waals surface area (Å²) in [4.78, 5) is 0. The third kappa shape index (κ3) is 2.94. The number of methoxy groups -OCH3 is 1. The number of nitrogens with zero attached hydrogens (tertiary/aromatic N) is 1. The number of rotatable bonds is 6. The summed E-state index contributed by atoms with van der Waals surface area (Å²) >= 11 is 0. The van der Waals surface area contributed by atoms with Crippen molar-refractivity contribution < 1.29 is 14.6 Å². The molecule has 0 bridgehead atoms. The van der Waals surface area contributed by atoms with E-state index in [0.717, 1.165) is 31.4 Å². The Hall–Kier alpha value is -0.840. The van der Waals surface area contributed by atoms with Gasteiger partial charge in [0.25, 0.3) is 0 Å². The second-order valence-corrected chi connectivity index (χ2v) is 4.85. The molecule has 0 amide bonds. The van der Waals surface area contributed by atoms with Gasteiger partial charge in [-0.1, -0.05) is 0 Å². The van der Waals surface area contributed by atoms with Crippen LogP contribution in [-0.2, 0) is 22.4 Å². The third-order valence-corrected chi connectivity index (χ3v) is 3.59.